The third-order valence-electron chi connectivity index (χ3n) is 6.43. The number of halogens is 3. The van der Waals surface area contributed by atoms with Gasteiger partial charge < -0.3 is 10.1 Å². The number of nitrogens with one attached hydrogen (secondary N) is 1. The first-order valence-electron chi connectivity index (χ1n) is 12.3. The molecule has 9 nitrogen and oxygen atoms in total. The highest BCUT2D eigenvalue weighted by Gasteiger charge is 2.33. The van der Waals surface area contributed by atoms with E-state index in [1.807, 2.05) is 6.07 Å². The fourth-order valence-electron chi connectivity index (χ4n) is 4.19. The minimum absolute atomic E-state index is 0.0674. The molecule has 0 aromatic heterocycles. The van der Waals surface area contributed by atoms with E-state index < -0.39 is 43.5 Å². The molecule has 216 valence electrons. The van der Waals surface area contributed by atoms with Gasteiger partial charge in [0, 0.05) is 5.56 Å². The maximum absolute atomic E-state index is 13.3. The van der Waals surface area contributed by atoms with Crippen molar-refractivity contribution < 1.29 is 39.5 Å². The quantitative estimate of drug-likeness (QED) is 0.399. The van der Waals surface area contributed by atoms with Gasteiger partial charge in [-0.05, 0) is 60.2 Å². The maximum atomic E-state index is 13.3. The summed E-state index contributed by atoms with van der Waals surface area (Å²) in [7, 11) is -7.67. The van der Waals surface area contributed by atoms with Crippen molar-refractivity contribution in [2.75, 3.05) is 23.2 Å². The van der Waals surface area contributed by atoms with Crippen LogP contribution in [0.3, 0.4) is 0 Å². The standard InChI is InChI=1S/C27H24F3N3O6S2/c1-2-40(35,36)21-8-3-18(4-9-21)23(13-14-31)32-26(34)19-5-12-24-25(17-19)39-16-15-33(24)41(37,38)22-10-6-20(7-11-22)27(28,29)30/h3-12,17,23H,2,13,15-16H2,1H3,(H,32,34)/t23-/m0/s1. The van der Waals surface area contributed by atoms with Crippen LogP contribution in [0.15, 0.2) is 76.5 Å². The molecule has 1 atom stereocenters. The highest BCUT2D eigenvalue weighted by molar-refractivity contribution is 7.93. The molecule has 4 rings (SSSR count). The Balaban J connectivity index is 1.57. The van der Waals surface area contributed by atoms with Gasteiger partial charge in [-0.2, -0.15) is 18.4 Å². The van der Waals surface area contributed by atoms with Crippen LogP contribution < -0.4 is 14.4 Å². The van der Waals surface area contributed by atoms with Crippen molar-refractivity contribution >= 4 is 31.5 Å². The lowest BCUT2D eigenvalue weighted by Crippen LogP contribution is -2.38. The van der Waals surface area contributed by atoms with E-state index >= 15 is 0 Å². The minimum Gasteiger partial charge on any atom is -0.489 e. The van der Waals surface area contributed by atoms with Crippen molar-refractivity contribution in [3.05, 3.63) is 83.4 Å². The van der Waals surface area contributed by atoms with Gasteiger partial charge in [0.1, 0.15) is 12.4 Å². The molecule has 14 heteroatoms. The molecule has 41 heavy (non-hydrogen) atoms. The number of benzene rings is 3. The minimum atomic E-state index is -4.61. The molecule has 0 radical (unpaired) electrons. The topological polar surface area (TPSA) is 134 Å². The predicted octanol–water partition coefficient (Wildman–Crippen LogP) is 4.47. The molecule has 0 bridgehead atoms. The number of nitrogens with zero attached hydrogens (tertiary/aromatic N) is 2. The molecule has 1 aliphatic rings. The number of nitriles is 1. The van der Waals surface area contributed by atoms with E-state index in [2.05, 4.69) is 5.32 Å². The second kappa shape index (κ2) is 11.4. The Morgan fingerprint density at radius 3 is 2.24 bits per heavy atom. The first-order valence-corrected chi connectivity index (χ1v) is 15.3. The number of anilines is 1. The number of carbonyl (C=O) groups excluding carboxylic acids is 1. The number of alkyl halides is 3. The van der Waals surface area contributed by atoms with Gasteiger partial charge in [-0.25, -0.2) is 16.8 Å². The molecule has 0 saturated carbocycles. The molecule has 3 aromatic carbocycles. The summed E-state index contributed by atoms with van der Waals surface area (Å²) < 4.78 is 96.0. The van der Waals surface area contributed by atoms with E-state index in [4.69, 9.17) is 4.74 Å². The number of ether oxygens (including phenoxy) is 1. The molecule has 1 heterocycles. The van der Waals surface area contributed by atoms with Crippen LogP contribution in [-0.2, 0) is 26.0 Å². The van der Waals surface area contributed by atoms with E-state index in [0.717, 1.165) is 16.4 Å². The fourth-order valence-corrected chi connectivity index (χ4v) is 6.53. The Morgan fingerprint density at radius 2 is 1.66 bits per heavy atom. The number of sulfone groups is 1. The lowest BCUT2D eigenvalue weighted by atomic mass is 10.0. The van der Waals surface area contributed by atoms with E-state index in [-0.39, 0.29) is 52.1 Å². The Labute approximate surface area is 235 Å². The van der Waals surface area contributed by atoms with Crippen molar-refractivity contribution in [1.82, 2.24) is 5.32 Å². The smallest absolute Gasteiger partial charge is 0.416 e. The van der Waals surface area contributed by atoms with Gasteiger partial charge in [-0.15, -0.1) is 0 Å². The van der Waals surface area contributed by atoms with Gasteiger partial charge in [0.15, 0.2) is 9.84 Å². The van der Waals surface area contributed by atoms with Crippen LogP contribution in [0.5, 0.6) is 5.75 Å². The SMILES string of the molecule is CCS(=O)(=O)c1ccc([C@H](CC#N)NC(=O)c2ccc3c(c2)OCCN3S(=O)(=O)c2ccc(C(F)(F)F)cc2)cc1. The average molecular weight is 608 g/mol. The first kappa shape index (κ1) is 29.9. The van der Waals surface area contributed by atoms with E-state index in [0.29, 0.717) is 17.7 Å². The zero-order valence-electron chi connectivity index (χ0n) is 21.6. The van der Waals surface area contributed by atoms with Crippen molar-refractivity contribution in [3.63, 3.8) is 0 Å². The third-order valence-corrected chi connectivity index (χ3v) is 10.0. The molecule has 1 amide bonds. The monoisotopic (exact) mass is 607 g/mol. The molecular formula is C27H24F3N3O6S2. The van der Waals surface area contributed by atoms with Gasteiger partial charge in [-0.3, -0.25) is 9.10 Å². The Kier molecular flexibility index (Phi) is 8.32. The normalized spacial score (nSPS) is 14.4. The lowest BCUT2D eigenvalue weighted by molar-refractivity contribution is -0.137. The molecule has 0 fully saturated rings. The molecule has 3 aromatic rings. The van der Waals surface area contributed by atoms with Crippen molar-refractivity contribution in [1.29, 1.82) is 5.26 Å². The van der Waals surface area contributed by atoms with E-state index in [1.165, 1.54) is 49.4 Å². The Morgan fingerprint density at radius 1 is 1.02 bits per heavy atom. The summed E-state index contributed by atoms with van der Waals surface area (Å²) in [5.74, 6) is -0.594. The van der Waals surface area contributed by atoms with Crippen LogP contribution in [0.2, 0.25) is 0 Å². The molecule has 1 N–H and O–H groups in total. The second-order valence-electron chi connectivity index (χ2n) is 8.99. The first-order chi connectivity index (χ1) is 19.3. The zero-order chi connectivity index (χ0) is 30.0. The van der Waals surface area contributed by atoms with E-state index in [9.17, 15) is 40.1 Å². The van der Waals surface area contributed by atoms with E-state index in [1.54, 1.807) is 0 Å². The third kappa shape index (κ3) is 6.31. The summed E-state index contributed by atoms with van der Waals surface area (Å²) in [6, 6.07) is 14.3. The summed E-state index contributed by atoms with van der Waals surface area (Å²) in [5, 5.41) is 12.0. The predicted molar refractivity (Wildman–Crippen MR) is 143 cm³/mol. The van der Waals surface area contributed by atoms with Gasteiger partial charge in [-0.1, -0.05) is 19.1 Å². The van der Waals surface area contributed by atoms with Crippen molar-refractivity contribution in [3.8, 4) is 11.8 Å². The summed E-state index contributed by atoms with van der Waals surface area (Å²) >= 11 is 0. The van der Waals surface area contributed by atoms with Crippen LogP contribution in [0.25, 0.3) is 0 Å². The van der Waals surface area contributed by atoms with Crippen LogP contribution in [0, 0.1) is 11.3 Å². The summed E-state index contributed by atoms with van der Waals surface area (Å²) in [5.41, 5.74) is -0.260. The van der Waals surface area contributed by atoms with Crippen molar-refractivity contribution in [2.24, 2.45) is 0 Å². The van der Waals surface area contributed by atoms with Gasteiger partial charge in [0.05, 0.1) is 51.9 Å². The highest BCUT2D eigenvalue weighted by Crippen LogP contribution is 2.37. The van der Waals surface area contributed by atoms with Gasteiger partial charge >= 0.3 is 6.18 Å². The zero-order valence-corrected chi connectivity index (χ0v) is 23.2. The number of sulfonamides is 1. The van der Waals surface area contributed by atoms with Gasteiger partial charge in [0.25, 0.3) is 15.9 Å². The molecule has 0 aliphatic carbocycles. The Hall–Kier alpha value is -4.09. The van der Waals surface area contributed by atoms with Crippen LogP contribution >= 0.6 is 0 Å². The number of fused-ring (bicyclic) bond motifs is 1. The fraction of sp³-hybridized carbons (Fsp3) is 0.259. The molecule has 0 spiro atoms. The highest BCUT2D eigenvalue weighted by atomic mass is 32.2. The van der Waals surface area contributed by atoms with Crippen LogP contribution in [0.4, 0.5) is 18.9 Å². The van der Waals surface area contributed by atoms with Gasteiger partial charge in [0.2, 0.25) is 0 Å². The summed E-state index contributed by atoms with van der Waals surface area (Å²) in [6.45, 7) is 1.35. The van der Waals surface area contributed by atoms with Crippen LogP contribution in [0.1, 0.15) is 40.9 Å². The molecule has 0 unspecified atom stereocenters. The van der Waals surface area contributed by atoms with Crippen molar-refractivity contribution in [2.45, 2.75) is 35.4 Å². The summed E-state index contributed by atoms with van der Waals surface area (Å²) in [4.78, 5) is 12.9. The van der Waals surface area contributed by atoms with Crippen LogP contribution in [-0.4, -0.2) is 41.6 Å². The largest absolute Gasteiger partial charge is 0.489 e. The second-order valence-corrected chi connectivity index (χ2v) is 13.1. The number of amides is 1. The molecular weight excluding hydrogens is 583 g/mol. The summed E-state index contributed by atoms with van der Waals surface area (Å²) in [6.07, 6.45) is -4.72. The lowest BCUT2D eigenvalue weighted by Gasteiger charge is -2.30. The number of hydrogen-bond donors (Lipinski definition) is 1. The average Bonchev–Trinajstić information content (AvgIpc) is 2.96. The number of carbonyl (C=O) groups is 1. The number of hydrogen-bond acceptors (Lipinski definition) is 7. The molecule has 1 aliphatic heterocycles. The number of rotatable bonds is 8. The Bertz CT molecular complexity index is 1700. The molecule has 0 saturated heterocycles. The maximum Gasteiger partial charge on any atom is 0.416 e.